The molecule has 128 valence electrons. The number of halogens is 2. The van der Waals surface area contributed by atoms with Crippen molar-refractivity contribution in [3.05, 3.63) is 54.1 Å². The first-order chi connectivity index (χ1) is 11.5. The zero-order valence-corrected chi connectivity index (χ0v) is 14.7. The number of hydrogen-bond acceptors (Lipinski definition) is 3. The van der Waals surface area contributed by atoms with Crippen molar-refractivity contribution in [2.75, 3.05) is 17.6 Å². The highest BCUT2D eigenvalue weighted by Crippen LogP contribution is 2.18. The summed E-state index contributed by atoms with van der Waals surface area (Å²) in [5.41, 5.74) is 1.95. The molecule has 0 spiro atoms. The highest BCUT2D eigenvalue weighted by Gasteiger charge is 2.04. The summed E-state index contributed by atoms with van der Waals surface area (Å²) in [6, 6.07) is 14.6. The van der Waals surface area contributed by atoms with Gasteiger partial charge < -0.3 is 15.4 Å². The fraction of sp³-hybridized carbons (Fsp3) is 0.235. The molecule has 0 unspecified atom stereocenters. The molecule has 0 heterocycles. The lowest BCUT2D eigenvalue weighted by atomic mass is 10.2. The maximum Gasteiger partial charge on any atom is 0.387 e. The van der Waals surface area contributed by atoms with Crippen LogP contribution in [0.25, 0.3) is 0 Å². The largest absolute Gasteiger partial charge is 0.435 e. The number of hydrogen-bond donors (Lipinski definition) is 2. The molecule has 24 heavy (non-hydrogen) atoms. The molecule has 0 saturated carbocycles. The van der Waals surface area contributed by atoms with Crippen molar-refractivity contribution in [3.8, 4) is 5.75 Å². The van der Waals surface area contributed by atoms with E-state index in [-0.39, 0.29) is 5.75 Å². The molecule has 0 saturated heterocycles. The SMILES string of the molecule is Cc1ccc(SCCNC(=S)Nc2ccc(OC(F)F)cc2)cc1. The second kappa shape index (κ2) is 9.44. The van der Waals surface area contributed by atoms with E-state index < -0.39 is 6.61 Å². The van der Waals surface area contributed by atoms with E-state index >= 15 is 0 Å². The Hall–Kier alpha value is -1.86. The fourth-order valence-corrected chi connectivity index (χ4v) is 2.85. The Morgan fingerprint density at radius 1 is 1.12 bits per heavy atom. The van der Waals surface area contributed by atoms with Crippen LogP contribution in [0, 0.1) is 6.92 Å². The van der Waals surface area contributed by atoms with Gasteiger partial charge in [-0.05, 0) is 55.5 Å². The van der Waals surface area contributed by atoms with Gasteiger partial charge in [0.1, 0.15) is 5.75 Å². The molecular formula is C17H18F2N2OS2. The Balaban J connectivity index is 1.68. The van der Waals surface area contributed by atoms with Crippen LogP contribution in [0.2, 0.25) is 0 Å². The first kappa shape index (κ1) is 18.5. The summed E-state index contributed by atoms with van der Waals surface area (Å²) in [5, 5.41) is 6.59. The molecule has 0 bridgehead atoms. The molecule has 2 N–H and O–H groups in total. The second-order valence-electron chi connectivity index (χ2n) is 4.95. The zero-order valence-electron chi connectivity index (χ0n) is 13.1. The lowest BCUT2D eigenvalue weighted by molar-refractivity contribution is -0.0498. The smallest absolute Gasteiger partial charge is 0.387 e. The second-order valence-corrected chi connectivity index (χ2v) is 6.52. The lowest BCUT2D eigenvalue weighted by Crippen LogP contribution is -2.30. The van der Waals surface area contributed by atoms with Gasteiger partial charge >= 0.3 is 6.61 Å². The molecule has 0 aliphatic carbocycles. The average Bonchev–Trinajstić information content (AvgIpc) is 2.55. The number of rotatable bonds is 7. The summed E-state index contributed by atoms with van der Waals surface area (Å²) in [7, 11) is 0. The number of anilines is 1. The third-order valence-corrected chi connectivity index (χ3v) is 4.27. The Morgan fingerprint density at radius 3 is 2.42 bits per heavy atom. The summed E-state index contributed by atoms with van der Waals surface area (Å²) in [5.74, 6) is 0.996. The van der Waals surface area contributed by atoms with Crippen LogP contribution in [0.4, 0.5) is 14.5 Å². The molecule has 2 aromatic rings. The molecule has 0 fully saturated rings. The van der Waals surface area contributed by atoms with E-state index in [4.69, 9.17) is 12.2 Å². The molecule has 0 atom stereocenters. The number of thiocarbonyl (C=S) groups is 1. The van der Waals surface area contributed by atoms with E-state index in [1.54, 1.807) is 23.9 Å². The van der Waals surface area contributed by atoms with E-state index in [0.717, 1.165) is 12.3 Å². The number of nitrogens with one attached hydrogen (secondary N) is 2. The van der Waals surface area contributed by atoms with Crippen molar-refractivity contribution in [1.29, 1.82) is 0 Å². The molecule has 0 aromatic heterocycles. The van der Waals surface area contributed by atoms with E-state index in [9.17, 15) is 8.78 Å². The van der Waals surface area contributed by atoms with Gasteiger partial charge in [-0.25, -0.2) is 0 Å². The first-order valence-corrected chi connectivity index (χ1v) is 8.71. The minimum Gasteiger partial charge on any atom is -0.435 e. The predicted octanol–water partition coefficient (Wildman–Crippen LogP) is 4.68. The van der Waals surface area contributed by atoms with Gasteiger partial charge in [-0.1, -0.05) is 17.7 Å². The van der Waals surface area contributed by atoms with Gasteiger partial charge in [0, 0.05) is 22.9 Å². The van der Waals surface area contributed by atoms with E-state index in [1.807, 2.05) is 0 Å². The maximum absolute atomic E-state index is 12.1. The third kappa shape index (κ3) is 6.72. The molecule has 7 heteroatoms. The van der Waals surface area contributed by atoms with Crippen LogP contribution < -0.4 is 15.4 Å². The van der Waals surface area contributed by atoms with Gasteiger partial charge in [0.2, 0.25) is 0 Å². The highest BCUT2D eigenvalue weighted by molar-refractivity contribution is 7.99. The van der Waals surface area contributed by atoms with Crippen molar-refractivity contribution >= 4 is 34.8 Å². The third-order valence-electron chi connectivity index (χ3n) is 3.01. The number of benzene rings is 2. The summed E-state index contributed by atoms with van der Waals surface area (Å²) < 4.78 is 28.4. The summed E-state index contributed by atoms with van der Waals surface area (Å²) >= 11 is 6.95. The lowest BCUT2D eigenvalue weighted by Gasteiger charge is -2.11. The molecule has 3 nitrogen and oxygen atoms in total. The van der Waals surface area contributed by atoms with Crippen LogP contribution in [0.5, 0.6) is 5.75 Å². The fourth-order valence-electron chi connectivity index (χ4n) is 1.86. The Bertz CT molecular complexity index is 649. The number of aryl methyl sites for hydroxylation is 1. The van der Waals surface area contributed by atoms with Gasteiger partial charge in [-0.2, -0.15) is 8.78 Å². The molecule has 2 rings (SSSR count). The van der Waals surface area contributed by atoms with Gasteiger partial charge in [0.05, 0.1) is 0 Å². The summed E-state index contributed by atoms with van der Waals surface area (Å²) in [4.78, 5) is 1.22. The molecule has 0 aliphatic rings. The van der Waals surface area contributed by atoms with E-state index in [2.05, 4.69) is 46.6 Å². The first-order valence-electron chi connectivity index (χ1n) is 7.32. The Morgan fingerprint density at radius 2 is 1.79 bits per heavy atom. The van der Waals surface area contributed by atoms with Gasteiger partial charge in [0.15, 0.2) is 5.11 Å². The quantitative estimate of drug-likeness (QED) is 0.421. The van der Waals surface area contributed by atoms with Crippen LogP contribution in [-0.2, 0) is 0 Å². The molecule has 0 amide bonds. The normalized spacial score (nSPS) is 10.5. The van der Waals surface area contributed by atoms with Crippen LogP contribution in [0.15, 0.2) is 53.4 Å². The van der Waals surface area contributed by atoms with Gasteiger partial charge in [-0.3, -0.25) is 0 Å². The minimum absolute atomic E-state index is 0.115. The molecular weight excluding hydrogens is 350 g/mol. The highest BCUT2D eigenvalue weighted by atomic mass is 32.2. The van der Waals surface area contributed by atoms with Crippen LogP contribution in [0.3, 0.4) is 0 Å². The average molecular weight is 368 g/mol. The predicted molar refractivity (Wildman–Crippen MR) is 99.2 cm³/mol. The standard InChI is InChI=1S/C17H18F2N2OS2/c1-12-2-8-15(9-3-12)24-11-10-20-17(23)21-13-4-6-14(7-5-13)22-16(18)19/h2-9,16H,10-11H2,1H3,(H2,20,21,23). The summed E-state index contributed by atoms with van der Waals surface area (Å²) in [6.45, 7) is -0.0407. The van der Waals surface area contributed by atoms with Gasteiger partial charge in [-0.15, -0.1) is 11.8 Å². The number of alkyl halides is 2. The van der Waals surface area contributed by atoms with Crippen LogP contribution in [0.1, 0.15) is 5.56 Å². The number of thioether (sulfide) groups is 1. The van der Waals surface area contributed by atoms with Crippen LogP contribution in [-0.4, -0.2) is 24.0 Å². The summed E-state index contributed by atoms with van der Waals surface area (Å²) in [6.07, 6.45) is 0. The molecule has 2 aromatic carbocycles. The zero-order chi connectivity index (χ0) is 17.4. The van der Waals surface area contributed by atoms with Crippen molar-refractivity contribution in [1.82, 2.24) is 5.32 Å². The van der Waals surface area contributed by atoms with Crippen molar-refractivity contribution in [2.45, 2.75) is 18.4 Å². The van der Waals surface area contributed by atoms with Crippen molar-refractivity contribution in [2.24, 2.45) is 0 Å². The van der Waals surface area contributed by atoms with E-state index in [1.165, 1.54) is 22.6 Å². The number of ether oxygens (including phenoxy) is 1. The monoisotopic (exact) mass is 368 g/mol. The Labute approximate surface area is 149 Å². The van der Waals surface area contributed by atoms with E-state index in [0.29, 0.717) is 10.8 Å². The molecule has 0 radical (unpaired) electrons. The van der Waals surface area contributed by atoms with Crippen molar-refractivity contribution in [3.63, 3.8) is 0 Å². The maximum atomic E-state index is 12.1. The van der Waals surface area contributed by atoms with Gasteiger partial charge in [0.25, 0.3) is 0 Å². The Kier molecular flexibility index (Phi) is 7.27. The minimum atomic E-state index is -2.82. The van der Waals surface area contributed by atoms with Crippen LogP contribution >= 0.6 is 24.0 Å². The molecule has 0 aliphatic heterocycles. The topological polar surface area (TPSA) is 33.3 Å². The van der Waals surface area contributed by atoms with Crippen molar-refractivity contribution < 1.29 is 13.5 Å².